The van der Waals surface area contributed by atoms with Crippen LogP contribution < -0.4 is 5.73 Å². The first-order valence-electron chi connectivity index (χ1n) is 11.3. The van der Waals surface area contributed by atoms with E-state index in [1.165, 1.54) is 4.31 Å². The Kier molecular flexibility index (Phi) is 5.69. The fourth-order valence-corrected chi connectivity index (χ4v) is 5.80. The van der Waals surface area contributed by atoms with Gasteiger partial charge in [0.2, 0.25) is 10.0 Å². The number of imidazole rings is 1. The third-order valence-corrected chi connectivity index (χ3v) is 8.22. The number of fused-ring (bicyclic) bond motifs is 1. The van der Waals surface area contributed by atoms with Crippen molar-refractivity contribution in [1.29, 1.82) is 0 Å². The van der Waals surface area contributed by atoms with E-state index < -0.39 is 10.0 Å². The fourth-order valence-electron chi connectivity index (χ4n) is 4.28. The molecule has 168 valence electrons. The number of nitrogens with two attached hydrogens (primary N) is 1. The Hall–Kier alpha value is -2.78. The molecule has 9 heteroatoms. The predicted octanol–water partition coefficient (Wildman–Crippen LogP) is 3.25. The van der Waals surface area contributed by atoms with Crippen LogP contribution in [-0.2, 0) is 16.4 Å². The van der Waals surface area contributed by atoms with Crippen LogP contribution >= 0.6 is 0 Å². The summed E-state index contributed by atoms with van der Waals surface area (Å²) in [6, 6.07) is 9.25. The third kappa shape index (κ3) is 4.27. The predicted molar refractivity (Wildman–Crippen MR) is 125 cm³/mol. The van der Waals surface area contributed by atoms with Crippen LogP contribution in [0.2, 0.25) is 0 Å². The summed E-state index contributed by atoms with van der Waals surface area (Å²) in [7, 11) is -3.37. The molecule has 1 atom stereocenters. The van der Waals surface area contributed by atoms with Crippen molar-refractivity contribution in [1.82, 2.24) is 19.3 Å². The number of benzene rings is 1. The zero-order chi connectivity index (χ0) is 22.1. The number of aromatic nitrogens is 3. The normalized spacial score (nSPS) is 20.0. The van der Waals surface area contributed by atoms with Gasteiger partial charge in [-0.3, -0.25) is 4.99 Å². The molecule has 0 spiro atoms. The van der Waals surface area contributed by atoms with Crippen LogP contribution in [0.15, 0.2) is 46.4 Å². The first kappa shape index (κ1) is 21.1. The molecule has 0 radical (unpaired) electrons. The number of hydrogen-bond acceptors (Lipinski definition) is 6. The molecule has 2 aliphatic rings. The zero-order valence-corrected chi connectivity index (χ0v) is 18.8. The highest BCUT2D eigenvalue weighted by atomic mass is 32.2. The van der Waals surface area contributed by atoms with E-state index in [2.05, 4.69) is 15.0 Å². The first-order valence-corrected chi connectivity index (χ1v) is 12.7. The Morgan fingerprint density at radius 2 is 1.91 bits per heavy atom. The summed E-state index contributed by atoms with van der Waals surface area (Å²) in [5.41, 5.74) is 9.34. The third-order valence-electron chi connectivity index (χ3n) is 6.31. The Morgan fingerprint density at radius 3 is 2.66 bits per heavy atom. The van der Waals surface area contributed by atoms with Gasteiger partial charge in [-0.05, 0) is 49.4 Å². The molecule has 2 aromatic heterocycles. The second-order valence-electron chi connectivity index (χ2n) is 8.62. The molecule has 3 N–H and O–H groups in total. The van der Waals surface area contributed by atoms with E-state index in [0.29, 0.717) is 18.0 Å². The summed E-state index contributed by atoms with van der Waals surface area (Å²) in [5, 5.41) is 0. The molecule has 32 heavy (non-hydrogen) atoms. The standard InChI is InChI=1S/C23H28N6O2S/c24-21-5-2-1-4-18(26-21)8-11-22-27-20-14-17(15-25-23(20)28-22)16-6-9-19(10-7-16)32(30,31)29-12-3-13-29/h6-7,9-10,14-15,18H,1-5,8,11-13H2,(H2,24,26)(H,25,27,28). The average Bonchev–Trinajstić information content (AvgIpc) is 3.03. The minimum atomic E-state index is -3.37. The number of nitrogens with zero attached hydrogens (tertiary/aromatic N) is 4. The summed E-state index contributed by atoms with van der Waals surface area (Å²) in [4.78, 5) is 17.5. The lowest BCUT2D eigenvalue weighted by molar-refractivity contribution is 0.309. The van der Waals surface area contributed by atoms with Gasteiger partial charge in [0.15, 0.2) is 5.65 Å². The highest BCUT2D eigenvalue weighted by molar-refractivity contribution is 7.89. The minimum Gasteiger partial charge on any atom is -0.387 e. The summed E-state index contributed by atoms with van der Waals surface area (Å²) >= 11 is 0. The monoisotopic (exact) mass is 452 g/mol. The van der Waals surface area contributed by atoms with E-state index in [9.17, 15) is 8.42 Å². The zero-order valence-electron chi connectivity index (χ0n) is 18.0. The lowest BCUT2D eigenvalue weighted by Crippen LogP contribution is -2.41. The van der Waals surface area contributed by atoms with Crippen LogP contribution in [0.5, 0.6) is 0 Å². The van der Waals surface area contributed by atoms with Gasteiger partial charge in [-0.25, -0.2) is 18.4 Å². The van der Waals surface area contributed by atoms with Crippen LogP contribution in [0.3, 0.4) is 0 Å². The molecule has 1 unspecified atom stereocenters. The van der Waals surface area contributed by atoms with Crippen molar-refractivity contribution in [2.75, 3.05) is 13.1 Å². The quantitative estimate of drug-likeness (QED) is 0.595. The second kappa shape index (κ2) is 8.63. The molecule has 2 aliphatic heterocycles. The average molecular weight is 453 g/mol. The van der Waals surface area contributed by atoms with Gasteiger partial charge in [0.1, 0.15) is 11.3 Å². The number of hydrogen-bond donors (Lipinski definition) is 2. The molecule has 0 bridgehead atoms. The smallest absolute Gasteiger partial charge is 0.243 e. The molecule has 8 nitrogen and oxygen atoms in total. The maximum atomic E-state index is 12.5. The number of aliphatic imine (C=N–C) groups is 1. The summed E-state index contributed by atoms with van der Waals surface area (Å²) in [5.74, 6) is 1.67. The van der Waals surface area contributed by atoms with Gasteiger partial charge in [-0.15, -0.1) is 0 Å². The lowest BCUT2D eigenvalue weighted by Gasteiger charge is -2.29. The SMILES string of the molecule is NC1=NC(CCc2nc3cc(-c4ccc(S(=O)(=O)N5CCC5)cc4)cnc3[nH]2)CCCC1. The van der Waals surface area contributed by atoms with E-state index in [1.807, 2.05) is 18.2 Å². The molecule has 5 rings (SSSR count). The van der Waals surface area contributed by atoms with Crippen molar-refractivity contribution in [2.24, 2.45) is 10.7 Å². The molecule has 0 aliphatic carbocycles. The lowest BCUT2D eigenvalue weighted by atomic mass is 10.1. The molecule has 4 heterocycles. The number of amidine groups is 1. The number of aryl methyl sites for hydroxylation is 1. The second-order valence-corrected chi connectivity index (χ2v) is 10.6. The summed E-state index contributed by atoms with van der Waals surface area (Å²) < 4.78 is 26.6. The molecule has 1 aromatic carbocycles. The highest BCUT2D eigenvalue weighted by Gasteiger charge is 2.29. The van der Waals surface area contributed by atoms with E-state index >= 15 is 0 Å². The van der Waals surface area contributed by atoms with Crippen LogP contribution in [0.1, 0.15) is 44.3 Å². The van der Waals surface area contributed by atoms with Crippen molar-refractivity contribution in [3.63, 3.8) is 0 Å². The Balaban J connectivity index is 1.31. The van der Waals surface area contributed by atoms with Crippen molar-refractivity contribution in [3.8, 4) is 11.1 Å². The Morgan fingerprint density at radius 1 is 1.09 bits per heavy atom. The van der Waals surface area contributed by atoms with Gasteiger partial charge in [0, 0.05) is 37.7 Å². The summed E-state index contributed by atoms with van der Waals surface area (Å²) in [6.45, 7) is 1.21. The van der Waals surface area contributed by atoms with Crippen LogP contribution in [0.4, 0.5) is 0 Å². The van der Waals surface area contributed by atoms with E-state index in [1.54, 1.807) is 18.3 Å². The number of nitrogens with one attached hydrogen (secondary N) is 1. The molecule has 3 aromatic rings. The maximum absolute atomic E-state index is 12.5. The van der Waals surface area contributed by atoms with Gasteiger partial charge in [0.25, 0.3) is 0 Å². The van der Waals surface area contributed by atoms with Gasteiger partial charge in [-0.1, -0.05) is 18.6 Å². The number of rotatable bonds is 6. The fraction of sp³-hybridized carbons (Fsp3) is 0.435. The van der Waals surface area contributed by atoms with E-state index in [0.717, 1.165) is 78.9 Å². The molecule has 1 saturated heterocycles. The summed E-state index contributed by atoms with van der Waals surface area (Å²) in [6.07, 6.45) is 8.70. The van der Waals surface area contributed by atoms with E-state index in [-0.39, 0.29) is 6.04 Å². The maximum Gasteiger partial charge on any atom is 0.243 e. The number of pyridine rings is 1. The van der Waals surface area contributed by atoms with Crippen molar-refractivity contribution in [3.05, 3.63) is 42.4 Å². The van der Waals surface area contributed by atoms with Crippen molar-refractivity contribution >= 4 is 27.0 Å². The molecular weight excluding hydrogens is 424 g/mol. The number of H-pyrrole nitrogens is 1. The molecule has 0 saturated carbocycles. The van der Waals surface area contributed by atoms with Crippen LogP contribution in [-0.4, -0.2) is 52.6 Å². The molecule has 0 amide bonds. The highest BCUT2D eigenvalue weighted by Crippen LogP contribution is 2.26. The largest absolute Gasteiger partial charge is 0.387 e. The first-order chi connectivity index (χ1) is 15.5. The molecular formula is C23H28N6O2S. The molecule has 1 fully saturated rings. The van der Waals surface area contributed by atoms with Crippen molar-refractivity contribution < 1.29 is 8.42 Å². The van der Waals surface area contributed by atoms with Crippen LogP contribution in [0.25, 0.3) is 22.3 Å². The minimum absolute atomic E-state index is 0.264. The van der Waals surface area contributed by atoms with Crippen molar-refractivity contribution in [2.45, 2.75) is 55.9 Å². The van der Waals surface area contributed by atoms with Crippen LogP contribution in [0, 0.1) is 0 Å². The Labute approximate surface area is 188 Å². The van der Waals surface area contributed by atoms with Gasteiger partial charge < -0.3 is 10.7 Å². The number of sulfonamides is 1. The van der Waals surface area contributed by atoms with Gasteiger partial charge in [0.05, 0.1) is 16.8 Å². The van der Waals surface area contributed by atoms with Gasteiger partial charge >= 0.3 is 0 Å². The topological polar surface area (TPSA) is 117 Å². The van der Waals surface area contributed by atoms with Gasteiger partial charge in [-0.2, -0.15) is 4.31 Å². The van der Waals surface area contributed by atoms with E-state index in [4.69, 9.17) is 10.7 Å². The number of aromatic amines is 1. The Bertz CT molecular complexity index is 1250.